The Hall–Kier alpha value is -4.77. The normalized spacial score (nSPS) is 16.9. The minimum atomic E-state index is -0.172. The van der Waals surface area contributed by atoms with Crippen LogP contribution in [0.2, 0.25) is 0 Å². The molecule has 2 heterocycles. The zero-order chi connectivity index (χ0) is 26.3. The first-order chi connectivity index (χ1) is 18.7. The molecule has 2 aromatic heterocycles. The van der Waals surface area contributed by atoms with E-state index in [1.807, 2.05) is 53.1 Å². The number of nitrogens with one attached hydrogen (secondary N) is 1. The fourth-order valence-electron chi connectivity index (χ4n) is 4.38. The Labute approximate surface area is 222 Å². The predicted molar refractivity (Wildman–Crippen MR) is 149 cm³/mol. The van der Waals surface area contributed by atoms with Gasteiger partial charge in [0.25, 0.3) is 0 Å². The lowest BCUT2D eigenvalue weighted by molar-refractivity contribution is 0.414. The van der Waals surface area contributed by atoms with E-state index in [9.17, 15) is 9.65 Å². The van der Waals surface area contributed by atoms with E-state index in [1.165, 1.54) is 6.08 Å². The molecule has 0 aliphatic heterocycles. The number of hydrogen-bond donors (Lipinski definition) is 1. The van der Waals surface area contributed by atoms with Crippen molar-refractivity contribution in [2.24, 2.45) is 0 Å². The summed E-state index contributed by atoms with van der Waals surface area (Å²) >= 11 is 0. The van der Waals surface area contributed by atoms with Crippen molar-refractivity contribution in [3.63, 3.8) is 0 Å². The summed E-state index contributed by atoms with van der Waals surface area (Å²) in [6, 6.07) is 17.1. The first-order valence-electron chi connectivity index (χ1n) is 12.5. The highest BCUT2D eigenvalue weighted by Crippen LogP contribution is 2.30. The third kappa shape index (κ3) is 5.47. The molecule has 8 heteroatoms. The van der Waals surface area contributed by atoms with Crippen molar-refractivity contribution < 1.29 is 10.6 Å². The Morgan fingerprint density at radius 2 is 2.05 bits per heavy atom. The second-order valence-electron chi connectivity index (χ2n) is 8.85. The number of fused-ring (bicyclic) bond motifs is 1. The van der Waals surface area contributed by atoms with Crippen molar-refractivity contribution in [3.8, 4) is 28.9 Å². The average Bonchev–Trinajstić information content (AvgIpc) is 3.33. The number of hydrogen-bond acceptors (Lipinski definition) is 6. The van der Waals surface area contributed by atoms with Crippen molar-refractivity contribution in [2.75, 3.05) is 19.0 Å². The van der Waals surface area contributed by atoms with Crippen LogP contribution in [-0.4, -0.2) is 33.2 Å². The number of methoxy groups -OCH3 is 1. The molecular formula is C30H29FN6O. The van der Waals surface area contributed by atoms with Gasteiger partial charge in [-0.2, -0.15) is 10.2 Å². The highest BCUT2D eigenvalue weighted by Gasteiger charge is 2.18. The van der Waals surface area contributed by atoms with Crippen LogP contribution in [0.25, 0.3) is 28.2 Å². The van der Waals surface area contributed by atoms with Gasteiger partial charge < -0.3 is 10.1 Å². The quantitative estimate of drug-likeness (QED) is 0.260. The molecular weight excluding hydrogens is 479 g/mol. The molecule has 2 aromatic carbocycles. The standard InChI is InChI=1S/C30H27FN6O.H2/c1-38-25-14-7-13-24(18-25)37-28(23-11-6-9-21(17-23)19-32)35-27-20-34-30(36-29(27)37)33-16-8-12-22-10-4-2-3-5-15-26(22)31;/h3,5-7,9-11,13-15,17-18,20H,2,4,8,12,16H2,1H3,(H,33,34,36);1H/b5-3+,22-10-,26-15+;. The third-order valence-corrected chi connectivity index (χ3v) is 6.28. The second-order valence-corrected chi connectivity index (χ2v) is 8.85. The smallest absolute Gasteiger partial charge is 0.224 e. The summed E-state index contributed by atoms with van der Waals surface area (Å²) in [5.74, 6) is 1.64. The summed E-state index contributed by atoms with van der Waals surface area (Å²) in [5, 5.41) is 12.7. The van der Waals surface area contributed by atoms with Gasteiger partial charge in [0.1, 0.15) is 22.9 Å². The Kier molecular flexibility index (Phi) is 7.55. The highest BCUT2D eigenvalue weighted by atomic mass is 19.1. The number of imidazole rings is 1. The molecule has 0 unspecified atom stereocenters. The van der Waals surface area contributed by atoms with Crippen LogP contribution in [0.5, 0.6) is 5.75 Å². The van der Waals surface area contributed by atoms with E-state index in [0.717, 1.165) is 36.1 Å². The molecule has 0 bridgehead atoms. The molecule has 0 amide bonds. The van der Waals surface area contributed by atoms with Gasteiger partial charge in [0.15, 0.2) is 5.65 Å². The zero-order valence-corrected chi connectivity index (χ0v) is 21.1. The molecule has 0 spiro atoms. The molecule has 38 heavy (non-hydrogen) atoms. The number of allylic oxidation sites excluding steroid dienone is 6. The van der Waals surface area contributed by atoms with E-state index in [-0.39, 0.29) is 7.25 Å². The number of rotatable bonds is 8. The van der Waals surface area contributed by atoms with Gasteiger partial charge in [-0.3, -0.25) is 4.57 Å². The van der Waals surface area contributed by atoms with Gasteiger partial charge in [0, 0.05) is 19.6 Å². The van der Waals surface area contributed by atoms with Crippen molar-refractivity contribution in [3.05, 3.63) is 96.0 Å². The fourth-order valence-corrected chi connectivity index (χ4v) is 4.38. The van der Waals surface area contributed by atoms with Crippen molar-refractivity contribution >= 4 is 17.1 Å². The molecule has 1 aliphatic carbocycles. The van der Waals surface area contributed by atoms with Gasteiger partial charge in [0.05, 0.1) is 30.6 Å². The lowest BCUT2D eigenvalue weighted by Gasteiger charge is -2.11. The molecule has 1 aliphatic rings. The van der Waals surface area contributed by atoms with Gasteiger partial charge in [-0.25, -0.2) is 14.4 Å². The second kappa shape index (κ2) is 11.5. The maximum Gasteiger partial charge on any atom is 0.224 e. The zero-order valence-electron chi connectivity index (χ0n) is 21.1. The van der Waals surface area contributed by atoms with Crippen molar-refractivity contribution in [1.82, 2.24) is 19.5 Å². The van der Waals surface area contributed by atoms with Crippen molar-refractivity contribution in [1.29, 1.82) is 5.26 Å². The van der Waals surface area contributed by atoms with Crippen molar-refractivity contribution in [2.45, 2.75) is 25.7 Å². The van der Waals surface area contributed by atoms with E-state index >= 15 is 0 Å². The first-order valence-corrected chi connectivity index (χ1v) is 12.5. The monoisotopic (exact) mass is 508 g/mol. The van der Waals surface area contributed by atoms with E-state index in [4.69, 9.17) is 14.7 Å². The fraction of sp³-hybridized carbons (Fsp3) is 0.200. The summed E-state index contributed by atoms with van der Waals surface area (Å²) in [6.07, 6.45) is 12.1. The SMILES string of the molecule is COc1cccc(-n2c(-c3cccc(C#N)c3)nc3cnc(NCCCC4=C/CC/C=C/C=C\4F)nc32)c1.[HH]. The van der Waals surface area contributed by atoms with Gasteiger partial charge in [-0.15, -0.1) is 0 Å². The number of anilines is 1. The van der Waals surface area contributed by atoms with Crippen LogP contribution in [0.15, 0.2) is 90.4 Å². The number of halogens is 1. The molecule has 0 atom stereocenters. The highest BCUT2D eigenvalue weighted by molar-refractivity contribution is 5.80. The number of nitrogens with zero attached hydrogens (tertiary/aromatic N) is 5. The topological polar surface area (TPSA) is 88.7 Å². The summed E-state index contributed by atoms with van der Waals surface area (Å²) in [4.78, 5) is 14.1. The molecule has 1 N–H and O–H groups in total. The molecule has 0 radical (unpaired) electrons. The molecule has 0 fully saturated rings. The summed E-state index contributed by atoms with van der Waals surface area (Å²) in [7, 11) is 1.62. The summed E-state index contributed by atoms with van der Waals surface area (Å²) < 4.78 is 21.7. The van der Waals surface area contributed by atoms with Crippen LogP contribution in [-0.2, 0) is 0 Å². The average molecular weight is 509 g/mol. The Bertz CT molecular complexity index is 1600. The van der Waals surface area contributed by atoms with E-state index in [0.29, 0.717) is 47.2 Å². The molecule has 192 valence electrons. The maximum atomic E-state index is 14.3. The third-order valence-electron chi connectivity index (χ3n) is 6.28. The van der Waals surface area contributed by atoms with Crippen LogP contribution >= 0.6 is 0 Å². The Balaban J connectivity index is 0.00000353. The molecule has 0 saturated carbocycles. The van der Waals surface area contributed by atoms with Crippen LogP contribution in [0.3, 0.4) is 0 Å². The Morgan fingerprint density at radius 1 is 1.16 bits per heavy atom. The Morgan fingerprint density at radius 3 is 2.92 bits per heavy atom. The minimum absolute atomic E-state index is 0. The number of ether oxygens (including phenoxy) is 1. The van der Waals surface area contributed by atoms with Crippen LogP contribution in [0, 0.1) is 11.3 Å². The number of benzene rings is 2. The van der Waals surface area contributed by atoms with Gasteiger partial charge >= 0.3 is 0 Å². The molecule has 5 rings (SSSR count). The van der Waals surface area contributed by atoms with Gasteiger partial charge in [0.2, 0.25) is 5.95 Å². The maximum absolute atomic E-state index is 14.3. The lowest BCUT2D eigenvalue weighted by atomic mass is 10.0. The van der Waals surface area contributed by atoms with E-state index in [1.54, 1.807) is 31.5 Å². The predicted octanol–water partition coefficient (Wildman–Crippen LogP) is 6.93. The largest absolute Gasteiger partial charge is 0.497 e. The molecule has 7 nitrogen and oxygen atoms in total. The minimum Gasteiger partial charge on any atom is -0.497 e. The van der Waals surface area contributed by atoms with Crippen LogP contribution < -0.4 is 10.1 Å². The lowest BCUT2D eigenvalue weighted by Crippen LogP contribution is -2.07. The first kappa shape index (κ1) is 24.9. The molecule has 0 saturated heterocycles. The van der Waals surface area contributed by atoms with E-state index in [2.05, 4.69) is 16.4 Å². The van der Waals surface area contributed by atoms with Gasteiger partial charge in [-0.1, -0.05) is 36.4 Å². The summed E-state index contributed by atoms with van der Waals surface area (Å²) in [6.45, 7) is 0.594. The number of aromatic nitrogens is 4. The van der Waals surface area contributed by atoms with Gasteiger partial charge in [-0.05, 0) is 61.6 Å². The van der Waals surface area contributed by atoms with E-state index < -0.39 is 0 Å². The summed E-state index contributed by atoms with van der Waals surface area (Å²) in [5.41, 5.74) is 4.14. The van der Waals surface area contributed by atoms with Crippen LogP contribution in [0.1, 0.15) is 32.7 Å². The molecule has 4 aromatic rings. The van der Waals surface area contributed by atoms with Crippen LogP contribution in [0.4, 0.5) is 10.3 Å². The number of nitriles is 1.